The molecule has 3 aromatic rings. The van der Waals surface area contributed by atoms with Crippen LogP contribution in [0.15, 0.2) is 78.9 Å². The van der Waals surface area contributed by atoms with E-state index in [0.717, 1.165) is 62.4 Å². The van der Waals surface area contributed by atoms with Gasteiger partial charge in [0, 0.05) is 56.9 Å². The normalized spacial score (nSPS) is 23.9. The van der Waals surface area contributed by atoms with Crippen molar-refractivity contribution in [2.45, 2.75) is 38.1 Å². The van der Waals surface area contributed by atoms with Crippen LogP contribution in [-0.2, 0) is 22.6 Å². The number of nitrogen functional groups attached to an aromatic ring is 1. The van der Waals surface area contributed by atoms with Gasteiger partial charge in [-0.3, -0.25) is 9.80 Å². The summed E-state index contributed by atoms with van der Waals surface area (Å²) in [4.78, 5) is 5.04. The van der Waals surface area contributed by atoms with Gasteiger partial charge in [-0.25, -0.2) is 0 Å². The number of anilines is 1. The third-order valence-corrected chi connectivity index (χ3v) is 6.97. The van der Waals surface area contributed by atoms with Crippen LogP contribution < -0.4 is 5.73 Å². The van der Waals surface area contributed by atoms with Crippen molar-refractivity contribution in [3.63, 3.8) is 0 Å². The Morgan fingerprint density at radius 3 is 2.23 bits per heavy atom. The highest BCUT2D eigenvalue weighted by Crippen LogP contribution is 2.38. The first kappa shape index (κ1) is 24.0. The van der Waals surface area contributed by atoms with Crippen LogP contribution in [0.2, 0.25) is 0 Å². The number of ether oxygens (including phenoxy) is 2. The van der Waals surface area contributed by atoms with Crippen molar-refractivity contribution in [2.24, 2.45) is 0 Å². The summed E-state index contributed by atoms with van der Waals surface area (Å²) in [5, 5.41) is 9.41. The van der Waals surface area contributed by atoms with E-state index in [-0.39, 0.29) is 18.8 Å². The molecular weight excluding hydrogens is 438 g/mol. The molecule has 0 bridgehead atoms. The molecule has 0 aliphatic carbocycles. The smallest absolute Gasteiger partial charge is 0.185 e. The number of hydrogen-bond donors (Lipinski definition) is 2. The zero-order valence-corrected chi connectivity index (χ0v) is 20.1. The topological polar surface area (TPSA) is 71.2 Å². The molecule has 6 heteroatoms. The van der Waals surface area contributed by atoms with Crippen molar-refractivity contribution in [1.29, 1.82) is 0 Å². The van der Waals surface area contributed by atoms with E-state index in [1.54, 1.807) is 0 Å². The maximum Gasteiger partial charge on any atom is 0.185 e. The fraction of sp³-hybridized carbons (Fsp3) is 0.379. The molecule has 5 rings (SSSR count). The van der Waals surface area contributed by atoms with Crippen LogP contribution in [0.5, 0.6) is 0 Å². The van der Waals surface area contributed by atoms with Gasteiger partial charge in [0.05, 0.1) is 18.8 Å². The first-order chi connectivity index (χ1) is 17.2. The van der Waals surface area contributed by atoms with Crippen molar-refractivity contribution < 1.29 is 14.6 Å². The predicted octanol–water partition coefficient (Wildman–Crippen LogP) is 4.12. The van der Waals surface area contributed by atoms with E-state index in [9.17, 15) is 5.11 Å². The summed E-state index contributed by atoms with van der Waals surface area (Å²) in [7, 11) is 0. The SMILES string of the molecule is Nc1cccc(C2OC(CN3CCN(Cc4ccccc4)CC3)CC(c3ccc(CO)cc3)O2)c1. The van der Waals surface area contributed by atoms with Crippen LogP contribution in [0, 0.1) is 0 Å². The zero-order valence-electron chi connectivity index (χ0n) is 20.1. The molecule has 3 atom stereocenters. The minimum absolute atomic E-state index is 0.0414. The fourth-order valence-corrected chi connectivity index (χ4v) is 5.00. The number of nitrogens with two attached hydrogens (primary N) is 1. The molecule has 3 N–H and O–H groups in total. The molecule has 0 spiro atoms. The van der Waals surface area contributed by atoms with Crippen LogP contribution in [-0.4, -0.2) is 53.7 Å². The molecule has 2 heterocycles. The second-order valence-electron chi connectivity index (χ2n) is 9.58. The fourth-order valence-electron chi connectivity index (χ4n) is 5.00. The Hall–Kier alpha value is -2.74. The summed E-state index contributed by atoms with van der Waals surface area (Å²) < 4.78 is 12.9. The average molecular weight is 474 g/mol. The second-order valence-corrected chi connectivity index (χ2v) is 9.58. The molecule has 3 unspecified atom stereocenters. The zero-order chi connectivity index (χ0) is 24.0. The van der Waals surface area contributed by atoms with Gasteiger partial charge >= 0.3 is 0 Å². The van der Waals surface area contributed by atoms with Gasteiger partial charge < -0.3 is 20.3 Å². The van der Waals surface area contributed by atoms with Gasteiger partial charge in [-0.2, -0.15) is 0 Å². The molecule has 3 aromatic carbocycles. The summed E-state index contributed by atoms with van der Waals surface area (Å²) in [5.74, 6) is 0. The van der Waals surface area contributed by atoms with Crippen LogP contribution in [0.3, 0.4) is 0 Å². The van der Waals surface area contributed by atoms with Crippen molar-refractivity contribution in [3.05, 3.63) is 101 Å². The van der Waals surface area contributed by atoms with E-state index in [2.05, 4.69) is 52.3 Å². The Labute approximate surface area is 207 Å². The molecular formula is C29H35N3O3. The largest absolute Gasteiger partial charge is 0.399 e. The van der Waals surface area contributed by atoms with Crippen molar-refractivity contribution in [2.75, 3.05) is 38.5 Å². The lowest BCUT2D eigenvalue weighted by Crippen LogP contribution is -2.49. The molecule has 2 fully saturated rings. The Bertz CT molecular complexity index is 1070. The average Bonchev–Trinajstić information content (AvgIpc) is 2.90. The van der Waals surface area contributed by atoms with E-state index in [0.29, 0.717) is 5.69 Å². The monoisotopic (exact) mass is 473 g/mol. The maximum absolute atomic E-state index is 9.41. The number of aliphatic hydroxyl groups is 1. The Kier molecular flexibility index (Phi) is 7.76. The molecule has 6 nitrogen and oxygen atoms in total. The summed E-state index contributed by atoms with van der Waals surface area (Å²) in [6.45, 7) is 6.11. The number of piperazine rings is 1. The van der Waals surface area contributed by atoms with Crippen LogP contribution in [0.25, 0.3) is 0 Å². The van der Waals surface area contributed by atoms with Crippen molar-refractivity contribution in [1.82, 2.24) is 9.80 Å². The maximum atomic E-state index is 9.41. The molecule has 2 aliphatic rings. The third-order valence-electron chi connectivity index (χ3n) is 6.97. The van der Waals surface area contributed by atoms with Gasteiger partial charge in [-0.1, -0.05) is 66.7 Å². The predicted molar refractivity (Wildman–Crippen MR) is 137 cm³/mol. The third kappa shape index (κ3) is 6.28. The Morgan fingerprint density at radius 2 is 1.51 bits per heavy atom. The highest BCUT2D eigenvalue weighted by atomic mass is 16.7. The van der Waals surface area contributed by atoms with Crippen LogP contribution >= 0.6 is 0 Å². The van der Waals surface area contributed by atoms with Crippen LogP contribution in [0.4, 0.5) is 5.69 Å². The summed E-state index contributed by atoms with van der Waals surface area (Å²) in [5.41, 5.74) is 11.1. The number of aliphatic hydroxyl groups excluding tert-OH is 1. The molecule has 2 saturated heterocycles. The van der Waals surface area contributed by atoms with E-state index in [4.69, 9.17) is 15.2 Å². The standard InChI is InChI=1S/C29H35N3O3/c30-26-8-4-7-25(17-26)29-34-27(18-28(35-29)24-11-9-23(21-33)10-12-24)20-32-15-13-31(14-16-32)19-22-5-2-1-3-6-22/h1-12,17,27-29,33H,13-16,18-21,30H2. The summed E-state index contributed by atoms with van der Waals surface area (Å²) in [6, 6.07) is 26.5. The first-order valence-electron chi connectivity index (χ1n) is 12.5. The highest BCUT2D eigenvalue weighted by molar-refractivity contribution is 5.41. The van der Waals surface area contributed by atoms with Crippen molar-refractivity contribution in [3.8, 4) is 0 Å². The number of nitrogens with zero attached hydrogens (tertiary/aromatic N) is 2. The van der Waals surface area contributed by atoms with Crippen LogP contribution in [0.1, 0.15) is 41.1 Å². The Balaban J connectivity index is 1.24. The quantitative estimate of drug-likeness (QED) is 0.503. The molecule has 0 radical (unpaired) electrons. The van der Waals surface area contributed by atoms with Gasteiger partial charge in [0.2, 0.25) is 0 Å². The Morgan fingerprint density at radius 1 is 0.771 bits per heavy atom. The molecule has 0 saturated carbocycles. The van der Waals surface area contributed by atoms with E-state index in [1.807, 2.05) is 36.4 Å². The molecule has 35 heavy (non-hydrogen) atoms. The van der Waals surface area contributed by atoms with Gasteiger partial charge in [0.1, 0.15) is 0 Å². The van der Waals surface area contributed by atoms with E-state index in [1.165, 1.54) is 5.56 Å². The first-order valence-corrected chi connectivity index (χ1v) is 12.5. The van der Waals surface area contributed by atoms with Crippen molar-refractivity contribution >= 4 is 5.69 Å². The lowest BCUT2D eigenvalue weighted by atomic mass is 9.99. The minimum atomic E-state index is -0.459. The number of rotatable bonds is 7. The van der Waals surface area contributed by atoms with E-state index >= 15 is 0 Å². The molecule has 0 aromatic heterocycles. The molecule has 184 valence electrons. The summed E-state index contributed by atoms with van der Waals surface area (Å²) in [6.07, 6.45) is 0.312. The van der Waals surface area contributed by atoms with Gasteiger partial charge in [-0.15, -0.1) is 0 Å². The molecule has 0 amide bonds. The van der Waals surface area contributed by atoms with Gasteiger partial charge in [-0.05, 0) is 28.8 Å². The second kappa shape index (κ2) is 11.3. The van der Waals surface area contributed by atoms with E-state index < -0.39 is 6.29 Å². The van der Waals surface area contributed by atoms with Gasteiger partial charge in [0.15, 0.2) is 6.29 Å². The summed E-state index contributed by atoms with van der Waals surface area (Å²) >= 11 is 0. The van der Waals surface area contributed by atoms with Gasteiger partial charge in [0.25, 0.3) is 0 Å². The lowest BCUT2D eigenvalue weighted by molar-refractivity contribution is -0.253. The highest BCUT2D eigenvalue weighted by Gasteiger charge is 2.33. The minimum Gasteiger partial charge on any atom is -0.399 e. The molecule has 2 aliphatic heterocycles. The lowest BCUT2D eigenvalue weighted by Gasteiger charge is -2.40. The number of benzene rings is 3. The number of hydrogen-bond acceptors (Lipinski definition) is 6.